The predicted molar refractivity (Wildman–Crippen MR) is 70.9 cm³/mol. The van der Waals surface area contributed by atoms with Crippen LogP contribution >= 0.6 is 23.2 Å². The monoisotopic (exact) mass is 303 g/mol. The maximum Gasteiger partial charge on any atom is 0.326 e. The van der Waals surface area contributed by atoms with Crippen molar-refractivity contribution in [2.75, 3.05) is 12.4 Å². The van der Waals surface area contributed by atoms with Crippen molar-refractivity contribution in [3.63, 3.8) is 0 Å². The number of benzene rings is 1. The fourth-order valence-electron chi connectivity index (χ4n) is 2.18. The number of methoxy groups -OCH3 is 1. The van der Waals surface area contributed by atoms with Gasteiger partial charge >= 0.3 is 11.9 Å². The van der Waals surface area contributed by atoms with Crippen LogP contribution in [-0.2, 0) is 14.3 Å². The molecule has 0 saturated carbocycles. The summed E-state index contributed by atoms with van der Waals surface area (Å²) in [6.07, 6.45) is 0.0797. The smallest absolute Gasteiger partial charge is 0.326 e. The second-order valence-electron chi connectivity index (χ2n) is 4.20. The van der Waals surface area contributed by atoms with Gasteiger partial charge in [0, 0.05) is 21.3 Å². The van der Waals surface area contributed by atoms with Gasteiger partial charge in [-0.3, -0.25) is 4.79 Å². The Morgan fingerprint density at radius 3 is 2.68 bits per heavy atom. The molecule has 0 spiro atoms. The highest BCUT2D eigenvalue weighted by molar-refractivity contribution is 6.36. The average molecular weight is 304 g/mol. The summed E-state index contributed by atoms with van der Waals surface area (Å²) in [6.45, 7) is 0. The molecule has 1 heterocycles. The summed E-state index contributed by atoms with van der Waals surface area (Å²) in [5.74, 6) is -2.28. The van der Waals surface area contributed by atoms with Crippen LogP contribution in [-0.4, -0.2) is 30.2 Å². The first-order valence-corrected chi connectivity index (χ1v) is 6.25. The minimum Gasteiger partial charge on any atom is -0.480 e. The van der Waals surface area contributed by atoms with Gasteiger partial charge in [-0.1, -0.05) is 23.2 Å². The second kappa shape index (κ2) is 5.27. The molecule has 102 valence electrons. The number of aliphatic carboxylic acids is 1. The summed E-state index contributed by atoms with van der Waals surface area (Å²) in [7, 11) is 1.25. The topological polar surface area (TPSA) is 75.6 Å². The number of anilines is 1. The second-order valence-corrected chi connectivity index (χ2v) is 5.04. The fourth-order valence-corrected chi connectivity index (χ4v) is 2.80. The van der Waals surface area contributed by atoms with Crippen LogP contribution in [0.15, 0.2) is 12.1 Å². The van der Waals surface area contributed by atoms with E-state index in [-0.39, 0.29) is 6.42 Å². The van der Waals surface area contributed by atoms with Crippen molar-refractivity contribution in [2.45, 2.75) is 18.4 Å². The van der Waals surface area contributed by atoms with Crippen LogP contribution in [0.4, 0.5) is 5.69 Å². The molecule has 19 heavy (non-hydrogen) atoms. The standard InChI is InChI=1S/C12H11Cl2NO4/c1-19-12(18)6-4-9(11(16)17)15-8-3-5(13)2-7(14)10(6)8/h2-3,6,9,15H,4H2,1H3,(H,16,17)/t6-,9-/m1/s1. The highest BCUT2D eigenvalue weighted by Gasteiger charge is 2.37. The van der Waals surface area contributed by atoms with E-state index < -0.39 is 23.9 Å². The molecular weight excluding hydrogens is 293 g/mol. The maximum atomic E-state index is 11.8. The Kier molecular flexibility index (Phi) is 3.87. The first-order valence-electron chi connectivity index (χ1n) is 5.50. The van der Waals surface area contributed by atoms with E-state index in [0.29, 0.717) is 21.3 Å². The highest BCUT2D eigenvalue weighted by Crippen LogP contribution is 2.41. The molecule has 0 aliphatic carbocycles. The van der Waals surface area contributed by atoms with E-state index in [1.165, 1.54) is 13.2 Å². The maximum absolute atomic E-state index is 11.8. The minimum absolute atomic E-state index is 0.0797. The number of hydrogen-bond acceptors (Lipinski definition) is 4. The van der Waals surface area contributed by atoms with Crippen LogP contribution in [0.3, 0.4) is 0 Å². The third-order valence-electron chi connectivity index (χ3n) is 3.03. The lowest BCUT2D eigenvalue weighted by Crippen LogP contribution is -2.37. The quantitative estimate of drug-likeness (QED) is 0.821. The molecule has 1 aliphatic rings. The SMILES string of the molecule is COC(=O)[C@@H]1C[C@H](C(=O)O)Nc2cc(Cl)cc(Cl)c21. The summed E-state index contributed by atoms with van der Waals surface area (Å²) in [5.41, 5.74) is 0.974. The number of carbonyl (C=O) groups excluding carboxylic acids is 1. The number of carbonyl (C=O) groups is 2. The minimum atomic E-state index is -1.05. The first-order chi connectivity index (χ1) is 8.93. The molecule has 0 aromatic heterocycles. The molecule has 2 N–H and O–H groups in total. The number of carboxylic acid groups (broad SMARTS) is 1. The van der Waals surface area contributed by atoms with E-state index in [9.17, 15) is 9.59 Å². The van der Waals surface area contributed by atoms with Crippen molar-refractivity contribution in [3.05, 3.63) is 27.7 Å². The lowest BCUT2D eigenvalue weighted by Gasteiger charge is -2.30. The molecule has 0 amide bonds. The molecule has 1 aromatic rings. The number of halogens is 2. The Balaban J connectivity index is 2.53. The summed E-state index contributed by atoms with van der Waals surface area (Å²) < 4.78 is 4.71. The average Bonchev–Trinajstić information content (AvgIpc) is 2.35. The Morgan fingerprint density at radius 2 is 2.11 bits per heavy atom. The molecule has 1 aromatic carbocycles. The van der Waals surface area contributed by atoms with Gasteiger partial charge in [0.15, 0.2) is 0 Å². The van der Waals surface area contributed by atoms with E-state index in [4.69, 9.17) is 33.0 Å². The summed E-state index contributed by atoms with van der Waals surface area (Å²) >= 11 is 12.0. The lowest BCUT2D eigenvalue weighted by atomic mass is 9.87. The van der Waals surface area contributed by atoms with E-state index >= 15 is 0 Å². The van der Waals surface area contributed by atoms with Gasteiger partial charge in [-0.05, 0) is 18.6 Å². The number of nitrogens with one attached hydrogen (secondary N) is 1. The summed E-state index contributed by atoms with van der Waals surface area (Å²) in [4.78, 5) is 22.9. The van der Waals surface area contributed by atoms with Crippen molar-refractivity contribution in [1.82, 2.24) is 0 Å². The van der Waals surface area contributed by atoms with Crippen LogP contribution in [0.1, 0.15) is 17.9 Å². The number of carboxylic acids is 1. The molecule has 0 fully saturated rings. The molecule has 0 saturated heterocycles. The molecule has 2 atom stereocenters. The molecule has 5 nitrogen and oxygen atoms in total. The zero-order valence-corrected chi connectivity index (χ0v) is 11.5. The van der Waals surface area contributed by atoms with Crippen molar-refractivity contribution in [3.8, 4) is 0 Å². The van der Waals surface area contributed by atoms with Gasteiger partial charge in [0.05, 0.1) is 13.0 Å². The van der Waals surface area contributed by atoms with Crippen LogP contribution in [0.5, 0.6) is 0 Å². The van der Waals surface area contributed by atoms with Crippen molar-refractivity contribution >= 4 is 40.8 Å². The van der Waals surface area contributed by atoms with Crippen molar-refractivity contribution in [2.24, 2.45) is 0 Å². The summed E-state index contributed by atoms with van der Waals surface area (Å²) in [6, 6.07) is 2.18. The number of rotatable bonds is 2. The van der Waals surface area contributed by atoms with Gasteiger partial charge in [0.2, 0.25) is 0 Å². The Hall–Kier alpha value is -1.46. The van der Waals surface area contributed by atoms with Gasteiger partial charge in [-0.25, -0.2) is 4.79 Å². The molecule has 1 aliphatic heterocycles. The Morgan fingerprint density at radius 1 is 1.42 bits per heavy atom. The summed E-state index contributed by atoms with van der Waals surface area (Å²) in [5, 5.41) is 12.6. The van der Waals surface area contributed by atoms with Gasteiger partial charge in [-0.15, -0.1) is 0 Å². The van der Waals surface area contributed by atoms with Gasteiger partial charge in [0.1, 0.15) is 6.04 Å². The normalized spacial score (nSPS) is 21.2. The van der Waals surface area contributed by atoms with E-state index in [1.54, 1.807) is 6.07 Å². The lowest BCUT2D eigenvalue weighted by molar-refractivity contribution is -0.143. The third kappa shape index (κ3) is 2.62. The zero-order valence-electron chi connectivity index (χ0n) is 9.94. The Bertz CT molecular complexity index is 547. The molecule has 0 bridgehead atoms. The molecule has 2 rings (SSSR count). The van der Waals surface area contributed by atoms with Crippen LogP contribution in [0.25, 0.3) is 0 Å². The first kappa shape index (κ1) is 14.0. The van der Waals surface area contributed by atoms with Crippen LogP contribution in [0.2, 0.25) is 10.0 Å². The van der Waals surface area contributed by atoms with Crippen LogP contribution < -0.4 is 5.32 Å². The number of esters is 1. The predicted octanol–water partition coefficient (Wildman–Crippen LogP) is 2.52. The van der Waals surface area contributed by atoms with E-state index in [2.05, 4.69) is 5.32 Å². The molecule has 7 heteroatoms. The number of ether oxygens (including phenoxy) is 1. The zero-order chi connectivity index (χ0) is 14.2. The number of fused-ring (bicyclic) bond motifs is 1. The van der Waals surface area contributed by atoms with E-state index in [0.717, 1.165) is 0 Å². The third-order valence-corrected chi connectivity index (χ3v) is 3.56. The Labute approximate surface area is 119 Å². The van der Waals surface area contributed by atoms with Gasteiger partial charge < -0.3 is 15.2 Å². The molecule has 0 radical (unpaired) electrons. The number of hydrogen-bond donors (Lipinski definition) is 2. The fraction of sp³-hybridized carbons (Fsp3) is 0.333. The van der Waals surface area contributed by atoms with Crippen LogP contribution in [0, 0.1) is 0 Å². The van der Waals surface area contributed by atoms with Gasteiger partial charge in [0.25, 0.3) is 0 Å². The molecular formula is C12H11Cl2NO4. The largest absolute Gasteiger partial charge is 0.480 e. The highest BCUT2D eigenvalue weighted by atomic mass is 35.5. The van der Waals surface area contributed by atoms with E-state index in [1.807, 2.05) is 0 Å². The van der Waals surface area contributed by atoms with Gasteiger partial charge in [-0.2, -0.15) is 0 Å². The molecule has 0 unspecified atom stereocenters. The van der Waals surface area contributed by atoms with Crippen molar-refractivity contribution < 1.29 is 19.4 Å². The van der Waals surface area contributed by atoms with Crippen molar-refractivity contribution in [1.29, 1.82) is 0 Å².